The summed E-state index contributed by atoms with van der Waals surface area (Å²) in [7, 11) is 0. The van der Waals surface area contributed by atoms with E-state index in [0.29, 0.717) is 5.75 Å². The van der Waals surface area contributed by atoms with Crippen LogP contribution in [0.15, 0.2) is 66.8 Å². The quantitative estimate of drug-likeness (QED) is 0.578. The summed E-state index contributed by atoms with van der Waals surface area (Å²) in [5, 5.41) is 8.63. The van der Waals surface area contributed by atoms with Crippen LogP contribution in [-0.2, 0) is 0 Å². The van der Waals surface area contributed by atoms with Gasteiger partial charge in [-0.1, -0.05) is 54.7 Å². The number of hydrogen-bond acceptors (Lipinski definition) is 1. The van der Waals surface area contributed by atoms with Crippen LogP contribution < -0.4 is 0 Å². The average Bonchev–Trinajstić information content (AvgIpc) is 2.30. The number of allylic oxidation sites excluding steroid dienone is 4. The zero-order chi connectivity index (χ0) is 13.1. The predicted octanol–water partition coefficient (Wildman–Crippen LogP) is 4.87. The van der Waals surface area contributed by atoms with E-state index in [0.717, 1.165) is 18.4 Å². The smallest absolute Gasteiger partial charge is 0.115 e. The summed E-state index contributed by atoms with van der Waals surface area (Å²) < 4.78 is 0. The Labute approximate surface area is 105 Å². The first kappa shape index (κ1) is 15.2. The van der Waals surface area contributed by atoms with Gasteiger partial charge in [-0.25, -0.2) is 0 Å². The summed E-state index contributed by atoms with van der Waals surface area (Å²) in [4.78, 5) is 0. The van der Waals surface area contributed by atoms with E-state index in [-0.39, 0.29) is 0 Å². The van der Waals surface area contributed by atoms with Gasteiger partial charge in [-0.2, -0.15) is 0 Å². The topological polar surface area (TPSA) is 20.2 Å². The van der Waals surface area contributed by atoms with E-state index in [1.54, 1.807) is 24.3 Å². The molecule has 0 amide bonds. The lowest BCUT2D eigenvalue weighted by atomic mass is 10.1. The Morgan fingerprint density at radius 2 is 1.82 bits per heavy atom. The van der Waals surface area contributed by atoms with Crippen molar-refractivity contribution in [2.45, 2.75) is 26.7 Å². The fraction of sp³-hybridized carbons (Fsp3) is 0.250. The van der Waals surface area contributed by atoms with Gasteiger partial charge in [-0.05, 0) is 38.8 Å². The third kappa shape index (κ3) is 10.5. The molecule has 0 aliphatic rings. The van der Waals surface area contributed by atoms with E-state index in [2.05, 4.69) is 33.1 Å². The van der Waals surface area contributed by atoms with Crippen LogP contribution in [0, 0.1) is 0 Å². The zero-order valence-corrected chi connectivity index (χ0v) is 10.8. The number of phenols is 1. The number of benzene rings is 1. The summed E-state index contributed by atoms with van der Waals surface area (Å²) in [6, 6.07) is 8.71. The van der Waals surface area contributed by atoms with Gasteiger partial charge in [0.2, 0.25) is 0 Å². The van der Waals surface area contributed by atoms with Gasteiger partial charge in [-0.15, -0.1) is 0 Å². The number of rotatable bonds is 4. The van der Waals surface area contributed by atoms with Crippen LogP contribution in [0.2, 0.25) is 0 Å². The average molecular weight is 230 g/mol. The molecule has 0 unspecified atom stereocenters. The van der Waals surface area contributed by atoms with Gasteiger partial charge >= 0.3 is 0 Å². The molecule has 0 saturated carbocycles. The highest BCUT2D eigenvalue weighted by Crippen LogP contribution is 2.05. The minimum Gasteiger partial charge on any atom is -0.508 e. The first-order valence-corrected chi connectivity index (χ1v) is 5.74. The lowest BCUT2D eigenvalue weighted by molar-refractivity contribution is 0.475. The van der Waals surface area contributed by atoms with Crippen molar-refractivity contribution in [1.29, 1.82) is 0 Å². The molecule has 0 radical (unpaired) electrons. The van der Waals surface area contributed by atoms with Crippen molar-refractivity contribution < 1.29 is 5.11 Å². The zero-order valence-electron chi connectivity index (χ0n) is 10.8. The molecular formula is C16H22O. The second kappa shape index (κ2) is 9.46. The third-order valence-corrected chi connectivity index (χ3v) is 2.06. The summed E-state index contributed by atoms with van der Waals surface area (Å²) >= 11 is 0. The lowest BCUT2D eigenvalue weighted by Crippen LogP contribution is -1.74. The van der Waals surface area contributed by atoms with E-state index in [9.17, 15) is 0 Å². The van der Waals surface area contributed by atoms with Crippen LogP contribution in [0.1, 0.15) is 26.7 Å². The van der Waals surface area contributed by atoms with Crippen molar-refractivity contribution in [1.82, 2.24) is 0 Å². The molecule has 0 fully saturated rings. The molecule has 0 aliphatic heterocycles. The van der Waals surface area contributed by atoms with Crippen molar-refractivity contribution in [3.05, 3.63) is 66.8 Å². The molecule has 0 aromatic heterocycles. The van der Waals surface area contributed by atoms with Crippen molar-refractivity contribution in [2.75, 3.05) is 0 Å². The molecule has 17 heavy (non-hydrogen) atoms. The Hall–Kier alpha value is -1.76. The van der Waals surface area contributed by atoms with Gasteiger partial charge in [0.05, 0.1) is 0 Å². The van der Waals surface area contributed by atoms with Crippen LogP contribution >= 0.6 is 0 Å². The molecule has 1 aromatic rings. The van der Waals surface area contributed by atoms with E-state index >= 15 is 0 Å². The molecule has 92 valence electrons. The second-order valence-electron chi connectivity index (χ2n) is 4.02. The molecule has 0 aliphatic carbocycles. The van der Waals surface area contributed by atoms with Gasteiger partial charge < -0.3 is 5.11 Å². The molecule has 1 rings (SSSR count). The van der Waals surface area contributed by atoms with Crippen molar-refractivity contribution in [2.24, 2.45) is 0 Å². The Morgan fingerprint density at radius 1 is 1.24 bits per heavy atom. The second-order valence-corrected chi connectivity index (χ2v) is 4.02. The van der Waals surface area contributed by atoms with Crippen LogP contribution in [0.5, 0.6) is 5.75 Å². The summed E-state index contributed by atoms with van der Waals surface area (Å²) in [6.07, 6.45) is 6.16. The number of para-hydroxylation sites is 1. The molecule has 0 heterocycles. The molecule has 0 bridgehead atoms. The fourth-order valence-corrected chi connectivity index (χ4v) is 1.08. The maximum Gasteiger partial charge on any atom is 0.115 e. The monoisotopic (exact) mass is 230 g/mol. The standard InChI is InChI=1S/C10H16.C6H6O/c1-5-10(4)8-6-7-9(2)3;7-6-4-2-1-3-5-6/h5,7H,1,4,6,8H2,2-3H3;1-5,7H. The van der Waals surface area contributed by atoms with E-state index < -0.39 is 0 Å². The maximum absolute atomic E-state index is 8.63. The van der Waals surface area contributed by atoms with E-state index in [1.807, 2.05) is 12.1 Å². The lowest BCUT2D eigenvalue weighted by Gasteiger charge is -1.94. The van der Waals surface area contributed by atoms with Crippen LogP contribution in [0.4, 0.5) is 0 Å². The Morgan fingerprint density at radius 3 is 2.18 bits per heavy atom. The van der Waals surface area contributed by atoms with Crippen LogP contribution in [0.25, 0.3) is 0 Å². The van der Waals surface area contributed by atoms with Gasteiger partial charge in [0.1, 0.15) is 5.75 Å². The van der Waals surface area contributed by atoms with Crippen LogP contribution in [-0.4, -0.2) is 5.11 Å². The normalized spacial score (nSPS) is 8.59. The summed E-state index contributed by atoms with van der Waals surface area (Å²) in [5.74, 6) is 0.322. The molecule has 0 spiro atoms. The largest absolute Gasteiger partial charge is 0.508 e. The summed E-state index contributed by atoms with van der Waals surface area (Å²) in [5.41, 5.74) is 2.49. The van der Waals surface area contributed by atoms with Crippen molar-refractivity contribution in [3.8, 4) is 5.75 Å². The SMILES string of the molecule is C=CC(=C)CCC=C(C)C.Oc1ccccc1. The molecular weight excluding hydrogens is 208 g/mol. The third-order valence-electron chi connectivity index (χ3n) is 2.06. The molecule has 1 aromatic carbocycles. The predicted molar refractivity (Wildman–Crippen MR) is 76.1 cm³/mol. The number of aromatic hydroxyl groups is 1. The Bertz CT molecular complexity index is 356. The maximum atomic E-state index is 8.63. The molecule has 1 nitrogen and oxygen atoms in total. The minimum atomic E-state index is 0.322. The Kier molecular flexibility index (Phi) is 8.48. The first-order valence-electron chi connectivity index (χ1n) is 5.74. The fourth-order valence-electron chi connectivity index (χ4n) is 1.08. The highest BCUT2D eigenvalue weighted by atomic mass is 16.3. The first-order chi connectivity index (χ1) is 8.06. The molecule has 1 heteroatoms. The molecule has 1 N–H and O–H groups in total. The van der Waals surface area contributed by atoms with Crippen molar-refractivity contribution >= 4 is 0 Å². The van der Waals surface area contributed by atoms with Gasteiger partial charge in [0, 0.05) is 0 Å². The van der Waals surface area contributed by atoms with Crippen molar-refractivity contribution in [3.63, 3.8) is 0 Å². The van der Waals surface area contributed by atoms with Gasteiger partial charge in [0.25, 0.3) is 0 Å². The van der Waals surface area contributed by atoms with Gasteiger partial charge in [0.15, 0.2) is 0 Å². The highest BCUT2D eigenvalue weighted by Gasteiger charge is 1.84. The molecule has 0 saturated heterocycles. The molecule has 0 atom stereocenters. The number of hydrogen-bond donors (Lipinski definition) is 1. The van der Waals surface area contributed by atoms with E-state index in [4.69, 9.17) is 5.11 Å². The summed E-state index contributed by atoms with van der Waals surface area (Å²) in [6.45, 7) is 11.7. The number of phenolic OH excluding ortho intramolecular Hbond substituents is 1. The minimum absolute atomic E-state index is 0.322. The Balaban J connectivity index is 0.000000318. The van der Waals surface area contributed by atoms with E-state index in [1.165, 1.54) is 5.57 Å². The van der Waals surface area contributed by atoms with Gasteiger partial charge in [-0.3, -0.25) is 0 Å². The van der Waals surface area contributed by atoms with Crippen LogP contribution in [0.3, 0.4) is 0 Å². The highest BCUT2D eigenvalue weighted by molar-refractivity contribution is 5.18.